The van der Waals surface area contributed by atoms with E-state index in [1.54, 1.807) is 12.3 Å². The molecule has 1 heterocycles. The first-order chi connectivity index (χ1) is 7.24. The minimum atomic E-state index is -0.861. The molecule has 0 saturated carbocycles. The molecule has 3 nitrogen and oxygen atoms in total. The third kappa shape index (κ3) is 4.02. The molecule has 0 aromatic carbocycles. The van der Waals surface area contributed by atoms with Crippen LogP contribution in [0.1, 0.15) is 36.0 Å². The van der Waals surface area contributed by atoms with Gasteiger partial charge in [-0.3, -0.25) is 0 Å². The van der Waals surface area contributed by atoms with Crippen LogP contribution in [0.5, 0.6) is 0 Å². The van der Waals surface area contributed by atoms with E-state index in [-0.39, 0.29) is 0 Å². The Labute approximate surface area is 90.0 Å². The average molecular weight is 207 g/mol. The second-order valence-electron chi connectivity index (χ2n) is 3.58. The van der Waals surface area contributed by atoms with Crippen molar-refractivity contribution in [3.8, 4) is 0 Å². The fraction of sp³-hybridized carbons (Fsp3) is 0.417. The van der Waals surface area contributed by atoms with Gasteiger partial charge in [0.25, 0.3) is 0 Å². The highest BCUT2D eigenvalue weighted by Gasteiger charge is 2.03. The highest BCUT2D eigenvalue weighted by atomic mass is 16.4. The molecule has 1 rings (SSSR count). The average Bonchev–Trinajstić information content (AvgIpc) is 2.66. The number of hydrogen-bond donors (Lipinski definition) is 1. The summed E-state index contributed by atoms with van der Waals surface area (Å²) in [5.74, 6) is -0.861. The Hall–Kier alpha value is -1.51. The summed E-state index contributed by atoms with van der Waals surface area (Å²) in [5.41, 5.74) is 0.362. The van der Waals surface area contributed by atoms with E-state index in [0.717, 1.165) is 32.2 Å². The van der Waals surface area contributed by atoms with Crippen LogP contribution >= 0.6 is 0 Å². The molecule has 0 radical (unpaired) electrons. The highest BCUT2D eigenvalue weighted by Crippen LogP contribution is 2.05. The van der Waals surface area contributed by atoms with Crippen molar-refractivity contribution >= 4 is 5.97 Å². The first-order valence-electron chi connectivity index (χ1n) is 5.24. The minimum absolute atomic E-state index is 0.362. The van der Waals surface area contributed by atoms with E-state index in [1.807, 2.05) is 16.8 Å². The Morgan fingerprint density at radius 1 is 1.47 bits per heavy atom. The van der Waals surface area contributed by atoms with Gasteiger partial charge >= 0.3 is 5.97 Å². The van der Waals surface area contributed by atoms with Crippen molar-refractivity contribution in [2.75, 3.05) is 0 Å². The molecule has 1 aromatic heterocycles. The van der Waals surface area contributed by atoms with Gasteiger partial charge in [0.1, 0.15) is 0 Å². The van der Waals surface area contributed by atoms with E-state index in [9.17, 15) is 4.79 Å². The third-order valence-corrected chi connectivity index (χ3v) is 2.32. The van der Waals surface area contributed by atoms with Crippen LogP contribution in [0.2, 0.25) is 0 Å². The number of allylic oxidation sites excluding steroid dienone is 1. The van der Waals surface area contributed by atoms with Gasteiger partial charge in [-0.25, -0.2) is 4.79 Å². The van der Waals surface area contributed by atoms with Crippen molar-refractivity contribution in [3.63, 3.8) is 0 Å². The molecule has 1 aromatic rings. The number of nitrogens with zero attached hydrogens (tertiary/aromatic N) is 1. The molecule has 15 heavy (non-hydrogen) atoms. The molecule has 0 atom stereocenters. The highest BCUT2D eigenvalue weighted by molar-refractivity contribution is 5.87. The molecule has 3 heteroatoms. The number of carbonyl (C=O) groups is 1. The van der Waals surface area contributed by atoms with Gasteiger partial charge in [-0.05, 0) is 25.3 Å². The molecule has 0 amide bonds. The SMILES string of the molecule is C=CCCCCCn1ccc(C(=O)O)c1. The summed E-state index contributed by atoms with van der Waals surface area (Å²) in [5, 5.41) is 8.72. The van der Waals surface area contributed by atoms with E-state index in [1.165, 1.54) is 0 Å². The molecule has 0 aliphatic rings. The maximum absolute atomic E-state index is 10.6. The Kier molecular flexibility index (Phi) is 4.68. The topological polar surface area (TPSA) is 42.2 Å². The van der Waals surface area contributed by atoms with Crippen LogP contribution in [0.15, 0.2) is 31.1 Å². The van der Waals surface area contributed by atoms with Gasteiger partial charge in [-0.1, -0.05) is 12.5 Å². The lowest BCUT2D eigenvalue weighted by atomic mass is 10.2. The van der Waals surface area contributed by atoms with E-state index >= 15 is 0 Å². The van der Waals surface area contributed by atoms with E-state index in [0.29, 0.717) is 5.56 Å². The lowest BCUT2D eigenvalue weighted by molar-refractivity contribution is 0.0697. The zero-order chi connectivity index (χ0) is 11.1. The third-order valence-electron chi connectivity index (χ3n) is 2.32. The largest absolute Gasteiger partial charge is 0.478 e. The maximum Gasteiger partial charge on any atom is 0.337 e. The number of rotatable bonds is 7. The predicted octanol–water partition coefficient (Wildman–Crippen LogP) is 2.93. The summed E-state index contributed by atoms with van der Waals surface area (Å²) in [6.07, 6.45) is 9.89. The van der Waals surface area contributed by atoms with Crippen LogP contribution in [0.4, 0.5) is 0 Å². The van der Waals surface area contributed by atoms with Crippen LogP contribution in [0.25, 0.3) is 0 Å². The smallest absolute Gasteiger partial charge is 0.337 e. The van der Waals surface area contributed by atoms with Gasteiger partial charge in [-0.2, -0.15) is 0 Å². The van der Waals surface area contributed by atoms with Crippen LogP contribution in [0.3, 0.4) is 0 Å². The minimum Gasteiger partial charge on any atom is -0.478 e. The maximum atomic E-state index is 10.6. The molecule has 82 valence electrons. The molecule has 0 saturated heterocycles. The quantitative estimate of drug-likeness (QED) is 0.551. The van der Waals surface area contributed by atoms with Crippen molar-refractivity contribution in [1.29, 1.82) is 0 Å². The van der Waals surface area contributed by atoms with Gasteiger partial charge in [0, 0.05) is 18.9 Å². The normalized spacial score (nSPS) is 10.1. The number of hydrogen-bond acceptors (Lipinski definition) is 1. The van der Waals surface area contributed by atoms with E-state index in [2.05, 4.69) is 6.58 Å². The molecular formula is C12H17NO2. The first-order valence-corrected chi connectivity index (χ1v) is 5.24. The Morgan fingerprint density at radius 3 is 2.87 bits per heavy atom. The lowest BCUT2D eigenvalue weighted by Crippen LogP contribution is -1.96. The van der Waals surface area contributed by atoms with E-state index < -0.39 is 5.97 Å². The fourth-order valence-corrected chi connectivity index (χ4v) is 1.47. The number of aryl methyl sites for hydroxylation is 1. The van der Waals surface area contributed by atoms with Crippen molar-refractivity contribution < 1.29 is 9.90 Å². The molecule has 0 aliphatic carbocycles. The standard InChI is InChI=1S/C12H17NO2/c1-2-3-4-5-6-8-13-9-7-11(10-13)12(14)15/h2,7,9-10H,1,3-6,8H2,(H,14,15). The predicted molar refractivity (Wildman–Crippen MR) is 60.1 cm³/mol. The number of unbranched alkanes of at least 4 members (excludes halogenated alkanes) is 3. The lowest BCUT2D eigenvalue weighted by Gasteiger charge is -2.01. The zero-order valence-corrected chi connectivity index (χ0v) is 8.85. The summed E-state index contributed by atoms with van der Waals surface area (Å²) in [7, 11) is 0. The second-order valence-corrected chi connectivity index (χ2v) is 3.58. The first kappa shape index (κ1) is 11.6. The summed E-state index contributed by atoms with van der Waals surface area (Å²) >= 11 is 0. The van der Waals surface area contributed by atoms with Crippen molar-refractivity contribution in [2.24, 2.45) is 0 Å². The number of aromatic carboxylic acids is 1. The van der Waals surface area contributed by atoms with Gasteiger partial charge in [0.2, 0.25) is 0 Å². The van der Waals surface area contributed by atoms with Gasteiger partial charge in [0.05, 0.1) is 5.56 Å². The summed E-state index contributed by atoms with van der Waals surface area (Å²) in [6.45, 7) is 4.56. The van der Waals surface area contributed by atoms with Gasteiger partial charge < -0.3 is 9.67 Å². The number of carboxylic acid groups (broad SMARTS) is 1. The Morgan fingerprint density at radius 2 is 2.27 bits per heavy atom. The Balaban J connectivity index is 2.25. The molecule has 1 N–H and O–H groups in total. The molecule has 0 spiro atoms. The van der Waals surface area contributed by atoms with Crippen LogP contribution in [-0.4, -0.2) is 15.6 Å². The summed E-state index contributed by atoms with van der Waals surface area (Å²) < 4.78 is 1.93. The molecule has 0 bridgehead atoms. The molecular weight excluding hydrogens is 190 g/mol. The van der Waals surface area contributed by atoms with Crippen molar-refractivity contribution in [3.05, 3.63) is 36.7 Å². The van der Waals surface area contributed by atoms with Gasteiger partial charge in [0.15, 0.2) is 0 Å². The van der Waals surface area contributed by atoms with Crippen LogP contribution in [-0.2, 0) is 6.54 Å². The van der Waals surface area contributed by atoms with Gasteiger partial charge in [-0.15, -0.1) is 6.58 Å². The van der Waals surface area contributed by atoms with Crippen LogP contribution < -0.4 is 0 Å². The summed E-state index contributed by atoms with van der Waals surface area (Å²) in [4.78, 5) is 10.6. The fourth-order valence-electron chi connectivity index (χ4n) is 1.47. The number of carboxylic acids is 1. The zero-order valence-electron chi connectivity index (χ0n) is 8.85. The molecule has 0 fully saturated rings. The molecule has 0 unspecified atom stereocenters. The number of aromatic nitrogens is 1. The second kappa shape index (κ2) is 6.06. The monoisotopic (exact) mass is 207 g/mol. The van der Waals surface area contributed by atoms with Crippen LogP contribution in [0, 0.1) is 0 Å². The Bertz CT molecular complexity index is 328. The molecule has 0 aliphatic heterocycles. The summed E-state index contributed by atoms with van der Waals surface area (Å²) in [6, 6.07) is 1.63. The van der Waals surface area contributed by atoms with E-state index in [4.69, 9.17) is 5.11 Å². The van der Waals surface area contributed by atoms with Crippen molar-refractivity contribution in [2.45, 2.75) is 32.2 Å². The van der Waals surface area contributed by atoms with Crippen molar-refractivity contribution in [1.82, 2.24) is 4.57 Å².